The third-order valence-corrected chi connectivity index (χ3v) is 4.56. The van der Waals surface area contributed by atoms with Crippen molar-refractivity contribution in [2.24, 2.45) is 5.92 Å². The van der Waals surface area contributed by atoms with Gasteiger partial charge >= 0.3 is 0 Å². The first-order valence-electron chi connectivity index (χ1n) is 8.15. The molecule has 0 spiro atoms. The van der Waals surface area contributed by atoms with Gasteiger partial charge in [-0.2, -0.15) is 0 Å². The number of amides is 1. The van der Waals surface area contributed by atoms with E-state index in [-0.39, 0.29) is 5.91 Å². The number of hydrogen-bond donors (Lipinski definition) is 1. The molecule has 4 heteroatoms. The Bertz CT molecular complexity index is 501. The van der Waals surface area contributed by atoms with E-state index in [2.05, 4.69) is 12.2 Å². The molecule has 0 saturated heterocycles. The Balaban J connectivity index is 1.91. The van der Waals surface area contributed by atoms with Crippen LogP contribution in [0.2, 0.25) is 0 Å². The molecule has 2 atom stereocenters. The van der Waals surface area contributed by atoms with Crippen molar-refractivity contribution in [3.63, 3.8) is 0 Å². The van der Waals surface area contributed by atoms with Crippen molar-refractivity contribution in [1.29, 1.82) is 0 Å². The minimum absolute atomic E-state index is 0.128. The highest BCUT2D eigenvalue weighted by atomic mass is 16.5. The van der Waals surface area contributed by atoms with Crippen LogP contribution in [0.4, 0.5) is 0 Å². The molecule has 0 unspecified atom stereocenters. The first-order valence-corrected chi connectivity index (χ1v) is 8.15. The molecule has 1 aromatic rings. The van der Waals surface area contributed by atoms with Crippen LogP contribution < -0.4 is 14.8 Å². The van der Waals surface area contributed by atoms with Gasteiger partial charge in [-0.15, -0.1) is 0 Å². The van der Waals surface area contributed by atoms with Gasteiger partial charge in [-0.25, -0.2) is 0 Å². The third kappa shape index (κ3) is 4.15. The van der Waals surface area contributed by atoms with Gasteiger partial charge in [0.2, 0.25) is 5.91 Å². The summed E-state index contributed by atoms with van der Waals surface area (Å²) in [7, 11) is 3.25. The summed E-state index contributed by atoms with van der Waals surface area (Å²) in [5.41, 5.74) is 1.01. The van der Waals surface area contributed by atoms with Gasteiger partial charge in [0.05, 0.1) is 14.2 Å². The lowest BCUT2D eigenvalue weighted by molar-refractivity contribution is -0.122. The highest BCUT2D eigenvalue weighted by Gasteiger charge is 2.22. The molecule has 0 aliphatic heterocycles. The number of ether oxygens (including phenoxy) is 2. The van der Waals surface area contributed by atoms with Crippen LogP contribution in [0.1, 0.15) is 44.6 Å². The average Bonchev–Trinajstić information content (AvgIpc) is 2.54. The largest absolute Gasteiger partial charge is 0.493 e. The van der Waals surface area contributed by atoms with E-state index in [1.54, 1.807) is 14.2 Å². The molecule has 1 aliphatic rings. The lowest BCUT2D eigenvalue weighted by Crippen LogP contribution is -2.41. The number of benzene rings is 1. The van der Waals surface area contributed by atoms with E-state index in [1.165, 1.54) is 19.3 Å². The van der Waals surface area contributed by atoms with Crippen molar-refractivity contribution in [2.75, 3.05) is 14.2 Å². The molecule has 1 aliphatic carbocycles. The molecule has 0 aromatic heterocycles. The minimum atomic E-state index is 0.128. The molecule has 0 bridgehead atoms. The molecule has 0 heterocycles. The van der Waals surface area contributed by atoms with Crippen LogP contribution in [-0.2, 0) is 11.2 Å². The summed E-state index contributed by atoms with van der Waals surface area (Å²) >= 11 is 0. The summed E-state index contributed by atoms with van der Waals surface area (Å²) in [4.78, 5) is 12.2. The maximum absolute atomic E-state index is 12.2. The van der Waals surface area contributed by atoms with E-state index in [1.807, 2.05) is 18.2 Å². The van der Waals surface area contributed by atoms with Crippen molar-refractivity contribution in [2.45, 2.75) is 51.5 Å². The molecule has 1 amide bonds. The Labute approximate surface area is 133 Å². The summed E-state index contributed by atoms with van der Waals surface area (Å²) < 4.78 is 10.7. The molecule has 0 radical (unpaired) electrons. The van der Waals surface area contributed by atoms with Crippen LogP contribution in [-0.4, -0.2) is 26.2 Å². The fourth-order valence-corrected chi connectivity index (χ4v) is 3.21. The van der Waals surface area contributed by atoms with E-state index in [0.29, 0.717) is 30.6 Å². The van der Waals surface area contributed by atoms with Crippen LogP contribution in [0.3, 0.4) is 0 Å². The van der Waals surface area contributed by atoms with Crippen LogP contribution in [0.15, 0.2) is 18.2 Å². The Morgan fingerprint density at radius 3 is 2.68 bits per heavy atom. The van der Waals surface area contributed by atoms with Crippen molar-refractivity contribution in [3.8, 4) is 11.5 Å². The number of aryl methyl sites for hydroxylation is 1. The number of carbonyl (C=O) groups is 1. The minimum Gasteiger partial charge on any atom is -0.493 e. The van der Waals surface area contributed by atoms with Gasteiger partial charge in [0, 0.05) is 12.5 Å². The lowest BCUT2D eigenvalue weighted by atomic mass is 9.86. The van der Waals surface area contributed by atoms with Crippen molar-refractivity contribution in [3.05, 3.63) is 23.8 Å². The maximum atomic E-state index is 12.2. The number of methoxy groups -OCH3 is 2. The number of rotatable bonds is 6. The molecule has 1 aromatic carbocycles. The van der Waals surface area contributed by atoms with Crippen LogP contribution in [0.25, 0.3) is 0 Å². The molecular weight excluding hydrogens is 278 g/mol. The fourth-order valence-electron chi connectivity index (χ4n) is 3.21. The lowest BCUT2D eigenvalue weighted by Gasteiger charge is -2.29. The average molecular weight is 305 g/mol. The van der Waals surface area contributed by atoms with Crippen molar-refractivity contribution < 1.29 is 14.3 Å². The number of carbonyl (C=O) groups excluding carboxylic acids is 1. The second-order valence-electron chi connectivity index (χ2n) is 6.09. The zero-order valence-corrected chi connectivity index (χ0v) is 13.9. The Kier molecular flexibility index (Phi) is 6.10. The van der Waals surface area contributed by atoms with Gasteiger partial charge in [-0.05, 0) is 36.8 Å². The predicted octanol–water partition coefficient (Wildman–Crippen LogP) is 3.33. The fraction of sp³-hybridized carbons (Fsp3) is 0.611. The van der Waals surface area contributed by atoms with E-state index in [0.717, 1.165) is 17.7 Å². The molecule has 4 nitrogen and oxygen atoms in total. The van der Waals surface area contributed by atoms with Crippen LogP contribution in [0, 0.1) is 5.92 Å². The van der Waals surface area contributed by atoms with E-state index in [9.17, 15) is 4.79 Å². The van der Waals surface area contributed by atoms with Gasteiger partial charge in [-0.3, -0.25) is 4.79 Å². The number of para-hydroxylation sites is 1. The number of nitrogens with one attached hydrogen (secondary N) is 1. The Morgan fingerprint density at radius 2 is 2.00 bits per heavy atom. The smallest absolute Gasteiger partial charge is 0.220 e. The summed E-state index contributed by atoms with van der Waals surface area (Å²) in [6, 6.07) is 6.12. The van der Waals surface area contributed by atoms with Gasteiger partial charge in [-0.1, -0.05) is 31.9 Å². The van der Waals surface area contributed by atoms with Crippen molar-refractivity contribution >= 4 is 5.91 Å². The van der Waals surface area contributed by atoms with Crippen LogP contribution in [0.5, 0.6) is 11.5 Å². The zero-order valence-electron chi connectivity index (χ0n) is 13.9. The number of hydrogen-bond acceptors (Lipinski definition) is 3. The quantitative estimate of drug-likeness (QED) is 0.877. The molecular formula is C18H27NO3. The van der Waals surface area contributed by atoms with Crippen LogP contribution >= 0.6 is 0 Å². The highest BCUT2D eigenvalue weighted by Crippen LogP contribution is 2.31. The van der Waals surface area contributed by atoms with E-state index >= 15 is 0 Å². The molecule has 22 heavy (non-hydrogen) atoms. The van der Waals surface area contributed by atoms with E-state index < -0.39 is 0 Å². The highest BCUT2D eigenvalue weighted by molar-refractivity contribution is 5.76. The zero-order chi connectivity index (χ0) is 15.9. The SMILES string of the molecule is COc1cccc(CCC(=O)N[C@H]2CCCC[C@H]2C)c1OC. The molecule has 1 N–H and O–H groups in total. The standard InChI is InChI=1S/C18H27NO3/c1-13-7-4-5-9-15(13)19-17(20)12-11-14-8-6-10-16(21-2)18(14)22-3/h6,8,10,13,15H,4-5,7,9,11-12H2,1-3H3,(H,19,20)/t13-,15+/m1/s1. The summed E-state index contributed by atoms with van der Waals surface area (Å²) in [5, 5.41) is 3.19. The van der Waals surface area contributed by atoms with E-state index in [4.69, 9.17) is 9.47 Å². The second-order valence-corrected chi connectivity index (χ2v) is 6.09. The normalized spacial score (nSPS) is 21.2. The molecule has 122 valence electrons. The summed E-state index contributed by atoms with van der Waals surface area (Å²) in [6.07, 6.45) is 5.97. The molecule has 2 rings (SSSR count). The predicted molar refractivity (Wildman–Crippen MR) is 87.4 cm³/mol. The van der Waals surface area contributed by atoms with Gasteiger partial charge in [0.25, 0.3) is 0 Å². The summed E-state index contributed by atoms with van der Waals surface area (Å²) in [6.45, 7) is 2.23. The van der Waals surface area contributed by atoms with Crippen molar-refractivity contribution in [1.82, 2.24) is 5.32 Å². The monoisotopic (exact) mass is 305 g/mol. The topological polar surface area (TPSA) is 47.6 Å². The second kappa shape index (κ2) is 8.06. The summed E-state index contributed by atoms with van der Waals surface area (Å²) in [5.74, 6) is 2.15. The Morgan fingerprint density at radius 1 is 1.23 bits per heavy atom. The van der Waals surface area contributed by atoms with Gasteiger partial charge < -0.3 is 14.8 Å². The first kappa shape index (κ1) is 16.7. The first-order chi connectivity index (χ1) is 10.7. The van der Waals surface area contributed by atoms with Gasteiger partial charge in [0.15, 0.2) is 11.5 Å². The molecule has 1 fully saturated rings. The Hall–Kier alpha value is -1.71. The molecule has 1 saturated carbocycles. The third-order valence-electron chi connectivity index (χ3n) is 4.56. The van der Waals surface area contributed by atoms with Gasteiger partial charge in [0.1, 0.15) is 0 Å². The maximum Gasteiger partial charge on any atom is 0.220 e.